The van der Waals surface area contributed by atoms with Gasteiger partial charge in [-0.15, -0.1) is 11.3 Å². The van der Waals surface area contributed by atoms with E-state index in [1.54, 1.807) is 30.0 Å². The number of aliphatic hydroxyl groups excluding tert-OH is 1. The normalized spacial score (nSPS) is 13.6. The Labute approximate surface area is 58.2 Å². The van der Waals surface area contributed by atoms with Crippen molar-refractivity contribution < 1.29 is 5.11 Å². The highest BCUT2D eigenvalue weighted by Gasteiger charge is 1.98. The first-order chi connectivity index (χ1) is 4.29. The molecule has 1 rings (SSSR count). The van der Waals surface area contributed by atoms with Crippen LogP contribution in [-0.2, 0) is 6.42 Å². The number of aliphatic hydroxyl groups is 1. The topological polar surface area (TPSA) is 33.1 Å². The van der Waals surface area contributed by atoms with E-state index in [0.29, 0.717) is 0 Å². The van der Waals surface area contributed by atoms with Gasteiger partial charge in [-0.3, -0.25) is 4.98 Å². The molecule has 0 saturated carbocycles. The van der Waals surface area contributed by atoms with Gasteiger partial charge in [0.1, 0.15) is 0 Å². The van der Waals surface area contributed by atoms with Crippen molar-refractivity contribution in [3.63, 3.8) is 0 Å². The van der Waals surface area contributed by atoms with Crippen LogP contribution in [0.3, 0.4) is 0 Å². The molecule has 50 valence electrons. The van der Waals surface area contributed by atoms with Crippen molar-refractivity contribution in [3.05, 3.63) is 16.6 Å². The van der Waals surface area contributed by atoms with Crippen molar-refractivity contribution in [1.29, 1.82) is 0 Å². The highest BCUT2D eigenvalue weighted by molar-refractivity contribution is 7.09. The third-order valence-corrected chi connectivity index (χ3v) is 1.78. The van der Waals surface area contributed by atoms with E-state index in [-0.39, 0.29) is 6.10 Å². The van der Waals surface area contributed by atoms with Crippen molar-refractivity contribution in [3.8, 4) is 0 Å². The van der Waals surface area contributed by atoms with Crippen LogP contribution in [0, 0.1) is 0 Å². The third-order valence-electron chi connectivity index (χ3n) is 0.980. The smallest absolute Gasteiger partial charge is 0.0794 e. The molecule has 1 atom stereocenters. The van der Waals surface area contributed by atoms with Crippen molar-refractivity contribution in [2.75, 3.05) is 0 Å². The molecular formula is C6H9NOS. The minimum Gasteiger partial charge on any atom is -0.393 e. The summed E-state index contributed by atoms with van der Waals surface area (Å²) in [5, 5.41) is 8.90. The molecule has 0 radical (unpaired) electrons. The summed E-state index contributed by atoms with van der Waals surface area (Å²) in [5.41, 5.74) is 1.78. The maximum atomic E-state index is 8.90. The van der Waals surface area contributed by atoms with Crippen LogP contribution in [0.25, 0.3) is 0 Å². The molecule has 0 aliphatic carbocycles. The van der Waals surface area contributed by atoms with E-state index in [4.69, 9.17) is 5.11 Å². The lowest BCUT2D eigenvalue weighted by atomic mass is 10.3. The van der Waals surface area contributed by atoms with Gasteiger partial charge in [-0.2, -0.15) is 0 Å². The Bertz CT molecular complexity index is 160. The zero-order chi connectivity index (χ0) is 6.69. The standard InChI is InChI=1S/C6H9NOS/c1-5(8)2-6-3-7-4-9-6/h3-5,8H,2H2,1H3. The summed E-state index contributed by atoms with van der Waals surface area (Å²) < 4.78 is 0. The number of nitrogens with zero attached hydrogens (tertiary/aromatic N) is 1. The molecule has 3 heteroatoms. The number of aromatic nitrogens is 1. The zero-order valence-electron chi connectivity index (χ0n) is 5.24. The van der Waals surface area contributed by atoms with Gasteiger partial charge in [-0.05, 0) is 6.92 Å². The summed E-state index contributed by atoms with van der Waals surface area (Å²) >= 11 is 1.58. The quantitative estimate of drug-likeness (QED) is 0.671. The molecule has 0 fully saturated rings. The lowest BCUT2D eigenvalue weighted by Gasteiger charge is -1.97. The van der Waals surface area contributed by atoms with Gasteiger partial charge in [-0.25, -0.2) is 0 Å². The van der Waals surface area contributed by atoms with Crippen LogP contribution in [0.5, 0.6) is 0 Å². The van der Waals surface area contributed by atoms with Crippen molar-refractivity contribution >= 4 is 11.3 Å². The van der Waals surface area contributed by atoms with Gasteiger partial charge >= 0.3 is 0 Å². The van der Waals surface area contributed by atoms with Gasteiger partial charge in [0, 0.05) is 17.5 Å². The summed E-state index contributed by atoms with van der Waals surface area (Å²) in [6.45, 7) is 1.78. The Morgan fingerprint density at radius 2 is 2.67 bits per heavy atom. The second kappa shape index (κ2) is 2.94. The van der Waals surface area contributed by atoms with Gasteiger partial charge < -0.3 is 5.11 Å². The van der Waals surface area contributed by atoms with Crippen LogP contribution in [0.15, 0.2) is 11.7 Å². The summed E-state index contributed by atoms with van der Waals surface area (Å²) in [5.74, 6) is 0. The largest absolute Gasteiger partial charge is 0.393 e. The van der Waals surface area contributed by atoms with E-state index in [0.717, 1.165) is 11.3 Å². The molecule has 1 heterocycles. The predicted octanol–water partition coefficient (Wildman–Crippen LogP) is 1.07. The Morgan fingerprint density at radius 1 is 1.89 bits per heavy atom. The second-order valence-corrected chi connectivity index (χ2v) is 2.99. The molecule has 0 aromatic carbocycles. The van der Waals surface area contributed by atoms with Gasteiger partial charge in [0.05, 0.1) is 11.6 Å². The van der Waals surface area contributed by atoms with Crippen LogP contribution in [0.1, 0.15) is 11.8 Å². The molecule has 0 saturated heterocycles. The first kappa shape index (κ1) is 6.71. The molecule has 2 nitrogen and oxygen atoms in total. The zero-order valence-corrected chi connectivity index (χ0v) is 6.06. The van der Waals surface area contributed by atoms with E-state index in [1.165, 1.54) is 0 Å². The number of thiazole rings is 1. The first-order valence-electron chi connectivity index (χ1n) is 2.84. The lowest BCUT2D eigenvalue weighted by Crippen LogP contribution is -2.01. The molecule has 1 aromatic rings. The molecule has 0 amide bonds. The fourth-order valence-corrected chi connectivity index (χ4v) is 1.35. The van der Waals surface area contributed by atoms with Crippen molar-refractivity contribution in [1.82, 2.24) is 4.98 Å². The Kier molecular flexibility index (Phi) is 2.19. The average molecular weight is 143 g/mol. The minimum absolute atomic E-state index is 0.245. The first-order valence-corrected chi connectivity index (χ1v) is 3.72. The second-order valence-electron chi connectivity index (χ2n) is 2.02. The Balaban J connectivity index is 2.48. The predicted molar refractivity (Wildman–Crippen MR) is 37.5 cm³/mol. The Hall–Kier alpha value is -0.410. The molecule has 1 unspecified atom stereocenters. The maximum Gasteiger partial charge on any atom is 0.0794 e. The molecule has 0 bridgehead atoms. The van der Waals surface area contributed by atoms with Gasteiger partial charge in [-0.1, -0.05) is 0 Å². The van der Waals surface area contributed by atoms with Gasteiger partial charge in [0.15, 0.2) is 0 Å². The van der Waals surface area contributed by atoms with Gasteiger partial charge in [0.2, 0.25) is 0 Å². The van der Waals surface area contributed by atoms with Crippen LogP contribution in [-0.4, -0.2) is 16.2 Å². The fourth-order valence-electron chi connectivity index (χ4n) is 0.634. The van der Waals surface area contributed by atoms with E-state index >= 15 is 0 Å². The number of hydrogen-bond acceptors (Lipinski definition) is 3. The molecular weight excluding hydrogens is 134 g/mol. The van der Waals surface area contributed by atoms with Crippen molar-refractivity contribution in [2.45, 2.75) is 19.4 Å². The molecule has 0 aliphatic heterocycles. The van der Waals surface area contributed by atoms with Crippen LogP contribution >= 0.6 is 11.3 Å². The van der Waals surface area contributed by atoms with Crippen LogP contribution in [0.2, 0.25) is 0 Å². The third kappa shape index (κ3) is 2.11. The summed E-state index contributed by atoms with van der Waals surface area (Å²) in [4.78, 5) is 5.03. The highest BCUT2D eigenvalue weighted by atomic mass is 32.1. The SMILES string of the molecule is CC(O)Cc1cncs1. The minimum atomic E-state index is -0.245. The van der Waals surface area contributed by atoms with Crippen molar-refractivity contribution in [2.24, 2.45) is 0 Å². The van der Waals surface area contributed by atoms with E-state index in [9.17, 15) is 0 Å². The van der Waals surface area contributed by atoms with E-state index in [1.807, 2.05) is 0 Å². The van der Waals surface area contributed by atoms with Crippen LogP contribution < -0.4 is 0 Å². The molecule has 1 aromatic heterocycles. The summed E-state index contributed by atoms with van der Waals surface area (Å²) in [6.07, 6.45) is 2.27. The lowest BCUT2D eigenvalue weighted by molar-refractivity contribution is 0.196. The molecule has 0 spiro atoms. The highest BCUT2D eigenvalue weighted by Crippen LogP contribution is 2.07. The van der Waals surface area contributed by atoms with E-state index in [2.05, 4.69) is 4.98 Å². The summed E-state index contributed by atoms with van der Waals surface area (Å²) in [6, 6.07) is 0. The van der Waals surface area contributed by atoms with Crippen LogP contribution in [0.4, 0.5) is 0 Å². The monoisotopic (exact) mass is 143 g/mol. The molecule has 9 heavy (non-hydrogen) atoms. The maximum absolute atomic E-state index is 8.90. The van der Waals surface area contributed by atoms with Gasteiger partial charge in [0.25, 0.3) is 0 Å². The number of rotatable bonds is 2. The fraction of sp³-hybridized carbons (Fsp3) is 0.500. The summed E-state index contributed by atoms with van der Waals surface area (Å²) in [7, 11) is 0. The molecule has 1 N–H and O–H groups in total. The molecule has 0 aliphatic rings. The Morgan fingerprint density at radius 3 is 3.11 bits per heavy atom. The van der Waals surface area contributed by atoms with E-state index < -0.39 is 0 Å². The number of hydrogen-bond donors (Lipinski definition) is 1. The average Bonchev–Trinajstić information content (AvgIpc) is 2.15.